The molecule has 0 aliphatic heterocycles. The van der Waals surface area contributed by atoms with E-state index in [0.717, 1.165) is 102 Å². The van der Waals surface area contributed by atoms with Crippen molar-refractivity contribution in [3.63, 3.8) is 0 Å². The quantitative estimate of drug-likeness (QED) is 0.104. The lowest BCUT2D eigenvalue weighted by molar-refractivity contribution is -0.131. The van der Waals surface area contributed by atoms with Crippen molar-refractivity contribution in [2.24, 2.45) is 0 Å². The van der Waals surface area contributed by atoms with Gasteiger partial charge in [-0.3, -0.25) is 4.79 Å². The van der Waals surface area contributed by atoms with Crippen molar-refractivity contribution < 1.29 is 32.9 Å². The van der Waals surface area contributed by atoms with Crippen LogP contribution in [-0.2, 0) is 32.4 Å². The highest BCUT2D eigenvalue weighted by atomic mass is 32.2. The number of esters is 1. The Bertz CT molecular complexity index is 1190. The van der Waals surface area contributed by atoms with Crippen LogP contribution in [0.3, 0.4) is 0 Å². The zero-order chi connectivity index (χ0) is 30.2. The maximum Gasteiger partial charge on any atom is 0.308 e. The first kappa shape index (κ1) is 34.2. The minimum absolute atomic E-state index is 0.199. The lowest BCUT2D eigenvalue weighted by Crippen LogP contribution is -2.22. The molecular weight excluding hydrogens is 554 g/mol. The number of hydrogen-bond donors (Lipinski definition) is 3. The van der Waals surface area contributed by atoms with Gasteiger partial charge < -0.3 is 25.0 Å². The predicted octanol–water partition coefficient (Wildman–Crippen LogP) is 5.43. The third-order valence-electron chi connectivity index (χ3n) is 7.85. The highest BCUT2D eigenvalue weighted by Gasteiger charge is 2.30. The molecule has 3 N–H and O–H groups in total. The second-order valence-electron chi connectivity index (χ2n) is 11.3. The van der Waals surface area contributed by atoms with E-state index in [9.17, 15) is 23.4 Å². The lowest BCUT2D eigenvalue weighted by atomic mass is 10.1. The van der Waals surface area contributed by atoms with E-state index in [1.165, 1.54) is 6.92 Å². The number of sulfone groups is 1. The Balaban J connectivity index is 1.16. The van der Waals surface area contributed by atoms with Crippen LogP contribution in [-0.4, -0.2) is 56.2 Å². The van der Waals surface area contributed by atoms with Gasteiger partial charge in [-0.2, -0.15) is 0 Å². The number of carbonyl (C=O) groups is 1. The summed E-state index contributed by atoms with van der Waals surface area (Å²) in [5.74, 6) is -0.142. The number of unbranched alkanes of at least 4 members (excludes halogenated alkanes) is 5. The van der Waals surface area contributed by atoms with E-state index in [0.29, 0.717) is 28.3 Å². The summed E-state index contributed by atoms with van der Waals surface area (Å²) in [5.41, 5.74) is 2.24. The van der Waals surface area contributed by atoms with E-state index in [-0.39, 0.29) is 11.9 Å². The van der Waals surface area contributed by atoms with Crippen LogP contribution in [0.25, 0.3) is 0 Å². The van der Waals surface area contributed by atoms with Crippen molar-refractivity contribution in [1.29, 1.82) is 0 Å². The molecule has 1 aliphatic carbocycles. The molecule has 1 aliphatic rings. The second kappa shape index (κ2) is 18.4. The third kappa shape index (κ3) is 11.4. The van der Waals surface area contributed by atoms with Crippen LogP contribution in [0.4, 0.5) is 0 Å². The van der Waals surface area contributed by atoms with Crippen molar-refractivity contribution in [3.8, 4) is 5.75 Å². The number of aryl methyl sites for hydroxylation is 1. The fourth-order valence-corrected chi connectivity index (χ4v) is 7.35. The zero-order valence-electron chi connectivity index (χ0n) is 25.1. The van der Waals surface area contributed by atoms with Gasteiger partial charge in [-0.15, -0.1) is 0 Å². The molecule has 0 amide bonds. The standard InChI is InChI=1S/C33H49NO7S/c1-26(36)41-33-18-17-28(23-29(33)25-35)32(37)24-34-19-8-2-3-9-20-40-21-10-4-5-12-27-13-11-16-31(22-27)42(38,39)30-14-6-7-15-30/h11,13,16-18,22-23,30,32,34-35,37H,2-10,12,14-15,19-21,24-25H2,1H3. The Hall–Kier alpha value is -2.30. The van der Waals surface area contributed by atoms with Gasteiger partial charge in [0.05, 0.1) is 22.9 Å². The number of rotatable bonds is 20. The predicted molar refractivity (Wildman–Crippen MR) is 164 cm³/mol. The summed E-state index contributed by atoms with van der Waals surface area (Å²) in [6.45, 7) is 3.78. The average Bonchev–Trinajstić information content (AvgIpc) is 3.53. The monoisotopic (exact) mass is 603 g/mol. The molecule has 2 aromatic rings. The Morgan fingerprint density at radius 3 is 2.40 bits per heavy atom. The first-order valence-corrected chi connectivity index (χ1v) is 17.1. The van der Waals surface area contributed by atoms with Crippen molar-refractivity contribution >= 4 is 15.8 Å². The highest BCUT2D eigenvalue weighted by Crippen LogP contribution is 2.30. The fourth-order valence-electron chi connectivity index (χ4n) is 5.43. The largest absolute Gasteiger partial charge is 0.426 e. The Kier molecular flexibility index (Phi) is 15.0. The Labute approximate surface area is 251 Å². The Morgan fingerprint density at radius 1 is 0.976 bits per heavy atom. The summed E-state index contributed by atoms with van der Waals surface area (Å²) in [7, 11) is -3.19. The number of aliphatic hydroxyl groups excluding tert-OH is 2. The van der Waals surface area contributed by atoms with Gasteiger partial charge in [0.2, 0.25) is 0 Å². The van der Waals surface area contributed by atoms with E-state index in [2.05, 4.69) is 5.32 Å². The molecule has 0 aromatic heterocycles. The van der Waals surface area contributed by atoms with Gasteiger partial charge >= 0.3 is 5.97 Å². The minimum atomic E-state index is -3.19. The lowest BCUT2D eigenvalue weighted by Gasteiger charge is -2.15. The maximum absolute atomic E-state index is 12.9. The molecule has 0 heterocycles. The molecule has 0 saturated heterocycles. The molecule has 234 valence electrons. The zero-order valence-corrected chi connectivity index (χ0v) is 25.9. The topological polar surface area (TPSA) is 122 Å². The summed E-state index contributed by atoms with van der Waals surface area (Å²) in [4.78, 5) is 11.7. The molecule has 0 radical (unpaired) electrons. The second-order valence-corrected chi connectivity index (χ2v) is 13.5. The highest BCUT2D eigenvalue weighted by molar-refractivity contribution is 7.92. The van der Waals surface area contributed by atoms with Crippen molar-refractivity contribution in [2.75, 3.05) is 26.3 Å². The normalized spacial score (nSPS) is 14.7. The molecule has 0 bridgehead atoms. The molecule has 1 fully saturated rings. The molecule has 2 aromatic carbocycles. The minimum Gasteiger partial charge on any atom is -0.426 e. The van der Waals surface area contributed by atoms with Gasteiger partial charge in [-0.05, 0) is 86.9 Å². The number of hydrogen-bond acceptors (Lipinski definition) is 8. The SMILES string of the molecule is CC(=O)Oc1ccc(C(O)CNCCCCCCOCCCCCc2cccc(S(=O)(=O)C3CCCC3)c2)cc1CO. The smallest absolute Gasteiger partial charge is 0.308 e. The van der Waals surface area contributed by atoms with E-state index < -0.39 is 21.9 Å². The van der Waals surface area contributed by atoms with Crippen LogP contribution in [0.1, 0.15) is 100 Å². The van der Waals surface area contributed by atoms with Gasteiger partial charge in [-0.25, -0.2) is 8.42 Å². The average molecular weight is 604 g/mol. The number of carbonyl (C=O) groups excluding carboxylic acids is 1. The molecule has 1 unspecified atom stereocenters. The van der Waals surface area contributed by atoms with E-state index >= 15 is 0 Å². The molecule has 9 heteroatoms. The summed E-state index contributed by atoms with van der Waals surface area (Å²) in [6, 6.07) is 12.5. The van der Waals surface area contributed by atoms with E-state index in [4.69, 9.17) is 9.47 Å². The third-order valence-corrected chi connectivity index (χ3v) is 10.1. The van der Waals surface area contributed by atoms with Crippen molar-refractivity contribution in [2.45, 2.75) is 107 Å². The first-order valence-electron chi connectivity index (χ1n) is 15.5. The van der Waals surface area contributed by atoms with Crippen LogP contribution in [0.5, 0.6) is 5.75 Å². The Morgan fingerprint density at radius 2 is 1.69 bits per heavy atom. The van der Waals surface area contributed by atoms with Gasteiger partial charge in [0.15, 0.2) is 9.84 Å². The fraction of sp³-hybridized carbons (Fsp3) is 0.606. The molecule has 42 heavy (non-hydrogen) atoms. The molecule has 1 atom stereocenters. The molecule has 0 spiro atoms. The number of benzene rings is 2. The molecular formula is C33H49NO7S. The van der Waals surface area contributed by atoms with Crippen LogP contribution in [0, 0.1) is 0 Å². The van der Waals surface area contributed by atoms with Gasteiger partial charge in [0.25, 0.3) is 0 Å². The maximum atomic E-state index is 12.9. The van der Waals surface area contributed by atoms with Crippen LogP contribution < -0.4 is 10.1 Å². The number of ether oxygens (including phenoxy) is 2. The summed E-state index contributed by atoms with van der Waals surface area (Å²) in [6.07, 6.45) is 11.1. The van der Waals surface area contributed by atoms with Crippen LogP contribution in [0.2, 0.25) is 0 Å². The number of nitrogens with one attached hydrogen (secondary N) is 1. The van der Waals surface area contributed by atoms with Crippen molar-refractivity contribution in [3.05, 3.63) is 59.2 Å². The summed E-state index contributed by atoms with van der Waals surface area (Å²) < 4.78 is 36.6. The van der Waals surface area contributed by atoms with Gasteiger partial charge in [0, 0.05) is 32.2 Å². The molecule has 1 saturated carbocycles. The van der Waals surface area contributed by atoms with Gasteiger partial charge in [-0.1, -0.05) is 50.3 Å². The van der Waals surface area contributed by atoms with E-state index in [1.54, 1.807) is 24.3 Å². The van der Waals surface area contributed by atoms with Gasteiger partial charge in [0.1, 0.15) is 5.75 Å². The molecule has 3 rings (SSSR count). The van der Waals surface area contributed by atoms with Crippen LogP contribution >= 0.6 is 0 Å². The first-order chi connectivity index (χ1) is 20.3. The van der Waals surface area contributed by atoms with Crippen LogP contribution in [0.15, 0.2) is 47.4 Å². The molecule has 8 nitrogen and oxygen atoms in total. The van der Waals surface area contributed by atoms with E-state index in [1.807, 2.05) is 18.2 Å². The van der Waals surface area contributed by atoms with Crippen molar-refractivity contribution in [1.82, 2.24) is 5.32 Å². The summed E-state index contributed by atoms with van der Waals surface area (Å²) >= 11 is 0. The number of aliphatic hydroxyl groups is 2. The summed E-state index contributed by atoms with van der Waals surface area (Å²) in [5, 5.41) is 23.0.